The first-order chi connectivity index (χ1) is 18.4. The Labute approximate surface area is 232 Å². The molecule has 1 saturated heterocycles. The van der Waals surface area contributed by atoms with Crippen LogP contribution in [-0.4, -0.2) is 51.8 Å². The molecule has 3 amide bonds. The van der Waals surface area contributed by atoms with Gasteiger partial charge >= 0.3 is 6.03 Å². The average Bonchev–Trinajstić information content (AvgIpc) is 2.93. The summed E-state index contributed by atoms with van der Waals surface area (Å²) in [4.78, 5) is 30.2. The fraction of sp³-hybridized carbons (Fsp3) is 0.286. The van der Waals surface area contributed by atoms with Crippen molar-refractivity contribution in [3.05, 3.63) is 76.3 Å². The van der Waals surface area contributed by atoms with Crippen LogP contribution in [0.1, 0.15) is 23.7 Å². The zero-order chi connectivity index (χ0) is 27.1. The van der Waals surface area contributed by atoms with Crippen molar-refractivity contribution in [3.63, 3.8) is 0 Å². The van der Waals surface area contributed by atoms with Crippen LogP contribution >= 0.6 is 23.2 Å². The molecule has 0 spiro atoms. The molecule has 0 saturated carbocycles. The van der Waals surface area contributed by atoms with Gasteiger partial charge in [0.25, 0.3) is 5.91 Å². The van der Waals surface area contributed by atoms with Crippen LogP contribution in [0.3, 0.4) is 0 Å². The average molecular weight is 556 g/mol. The first-order valence-electron chi connectivity index (χ1n) is 12.5. The van der Waals surface area contributed by atoms with Crippen molar-refractivity contribution in [1.29, 1.82) is 0 Å². The number of methoxy groups -OCH3 is 1. The van der Waals surface area contributed by atoms with Crippen molar-refractivity contribution in [2.24, 2.45) is 0 Å². The maximum Gasteiger partial charge on any atom is 0.323 e. The number of hydrogen-bond donors (Lipinski definition) is 3. The molecule has 1 aliphatic rings. The minimum Gasteiger partial charge on any atom is -0.495 e. The Bertz CT molecular complexity index is 1300. The Morgan fingerprint density at radius 1 is 0.842 bits per heavy atom. The second-order valence-corrected chi connectivity index (χ2v) is 9.66. The summed E-state index contributed by atoms with van der Waals surface area (Å²) >= 11 is 12.0. The van der Waals surface area contributed by atoms with E-state index in [-0.39, 0.29) is 5.91 Å². The molecule has 0 aliphatic carbocycles. The summed E-state index contributed by atoms with van der Waals surface area (Å²) < 4.78 is 5.53. The molecule has 1 aliphatic heterocycles. The third-order valence-electron chi connectivity index (χ3n) is 6.26. The highest BCUT2D eigenvalue weighted by Crippen LogP contribution is 2.31. The van der Waals surface area contributed by atoms with E-state index in [4.69, 9.17) is 27.9 Å². The van der Waals surface area contributed by atoms with Crippen LogP contribution in [0.5, 0.6) is 5.75 Å². The van der Waals surface area contributed by atoms with Crippen molar-refractivity contribution in [2.75, 3.05) is 60.3 Å². The molecule has 1 heterocycles. The first kappa shape index (κ1) is 27.4. The Balaban J connectivity index is 1.49. The predicted molar refractivity (Wildman–Crippen MR) is 156 cm³/mol. The monoisotopic (exact) mass is 555 g/mol. The molecule has 3 N–H and O–H groups in total. The van der Waals surface area contributed by atoms with Gasteiger partial charge in [0, 0.05) is 49.8 Å². The molecule has 3 aromatic rings. The van der Waals surface area contributed by atoms with Gasteiger partial charge < -0.3 is 30.5 Å². The van der Waals surface area contributed by atoms with Gasteiger partial charge in [0.05, 0.1) is 28.4 Å². The standard InChI is InChI=1S/C28H31Cl2N5O3/c1-3-12-31-27(36)21-17-19(32-28(37)33-20-8-10-22(29)23(30)18-20)9-11-24(21)34-13-15-35(16-14-34)25-6-4-5-7-26(25)38-2/h4-11,17-18H,3,12-16H2,1-2H3,(H,31,36)(H2,32,33,37). The van der Waals surface area contributed by atoms with E-state index in [1.165, 1.54) is 0 Å². The number of hydrogen-bond acceptors (Lipinski definition) is 5. The van der Waals surface area contributed by atoms with Gasteiger partial charge in [-0.3, -0.25) is 4.79 Å². The minimum absolute atomic E-state index is 0.178. The van der Waals surface area contributed by atoms with E-state index in [1.807, 2.05) is 31.2 Å². The van der Waals surface area contributed by atoms with E-state index >= 15 is 0 Å². The van der Waals surface area contributed by atoms with Gasteiger partial charge in [-0.2, -0.15) is 0 Å². The summed E-state index contributed by atoms with van der Waals surface area (Å²) in [5, 5.41) is 9.24. The molecular weight excluding hydrogens is 525 g/mol. The van der Waals surface area contributed by atoms with Gasteiger partial charge in [0.1, 0.15) is 5.75 Å². The summed E-state index contributed by atoms with van der Waals surface area (Å²) in [5.41, 5.74) is 3.40. The van der Waals surface area contributed by atoms with Crippen LogP contribution in [0.15, 0.2) is 60.7 Å². The number of anilines is 4. The molecule has 0 aromatic heterocycles. The van der Waals surface area contributed by atoms with Crippen molar-refractivity contribution < 1.29 is 14.3 Å². The molecule has 10 heteroatoms. The van der Waals surface area contributed by atoms with Gasteiger partial charge in [-0.25, -0.2) is 4.79 Å². The molecule has 8 nitrogen and oxygen atoms in total. The quantitative estimate of drug-likeness (QED) is 0.312. The molecule has 1 fully saturated rings. The number of nitrogens with one attached hydrogen (secondary N) is 3. The van der Waals surface area contributed by atoms with Crippen LogP contribution in [0.4, 0.5) is 27.5 Å². The summed E-state index contributed by atoms with van der Waals surface area (Å²) in [6.45, 7) is 5.59. The maximum atomic E-state index is 13.1. The highest BCUT2D eigenvalue weighted by Gasteiger charge is 2.24. The number of amides is 3. The van der Waals surface area contributed by atoms with Gasteiger partial charge in [-0.05, 0) is 55.0 Å². The molecule has 200 valence electrons. The highest BCUT2D eigenvalue weighted by molar-refractivity contribution is 6.42. The predicted octanol–water partition coefficient (Wildman–Crippen LogP) is 6.11. The Morgan fingerprint density at radius 3 is 2.13 bits per heavy atom. The molecule has 0 unspecified atom stereocenters. The zero-order valence-electron chi connectivity index (χ0n) is 21.4. The van der Waals surface area contributed by atoms with Crippen molar-refractivity contribution in [2.45, 2.75) is 13.3 Å². The van der Waals surface area contributed by atoms with E-state index in [0.29, 0.717) is 33.5 Å². The van der Waals surface area contributed by atoms with Crippen molar-refractivity contribution >= 4 is 57.9 Å². The van der Waals surface area contributed by atoms with E-state index in [9.17, 15) is 9.59 Å². The minimum atomic E-state index is -0.457. The van der Waals surface area contributed by atoms with E-state index in [2.05, 4.69) is 31.8 Å². The summed E-state index contributed by atoms with van der Waals surface area (Å²) in [7, 11) is 1.68. The van der Waals surface area contributed by atoms with Gasteiger partial charge in [-0.1, -0.05) is 42.3 Å². The summed E-state index contributed by atoms with van der Waals surface area (Å²) in [5.74, 6) is 0.665. The van der Waals surface area contributed by atoms with Crippen molar-refractivity contribution in [3.8, 4) is 5.75 Å². The lowest BCUT2D eigenvalue weighted by Crippen LogP contribution is -2.47. The number of nitrogens with zero attached hydrogens (tertiary/aromatic N) is 2. The molecule has 0 atom stereocenters. The lowest BCUT2D eigenvalue weighted by Gasteiger charge is -2.38. The van der Waals surface area contributed by atoms with Crippen LogP contribution in [-0.2, 0) is 0 Å². The van der Waals surface area contributed by atoms with Crippen LogP contribution < -0.4 is 30.5 Å². The number of carbonyl (C=O) groups excluding carboxylic acids is 2. The first-order valence-corrected chi connectivity index (χ1v) is 13.2. The number of urea groups is 1. The smallest absolute Gasteiger partial charge is 0.323 e. The number of rotatable bonds is 8. The Morgan fingerprint density at radius 2 is 1.47 bits per heavy atom. The van der Waals surface area contributed by atoms with Gasteiger partial charge in [-0.15, -0.1) is 0 Å². The summed E-state index contributed by atoms with van der Waals surface area (Å²) in [6, 6.07) is 17.8. The highest BCUT2D eigenvalue weighted by atomic mass is 35.5. The third-order valence-corrected chi connectivity index (χ3v) is 7.00. The molecule has 3 aromatic carbocycles. The Kier molecular flexibility index (Phi) is 9.20. The topological polar surface area (TPSA) is 85.9 Å². The second-order valence-electron chi connectivity index (χ2n) is 8.84. The third kappa shape index (κ3) is 6.62. The van der Waals surface area contributed by atoms with Crippen LogP contribution in [0, 0.1) is 0 Å². The normalized spacial score (nSPS) is 13.2. The molecule has 0 radical (unpaired) electrons. The SMILES string of the molecule is CCCNC(=O)c1cc(NC(=O)Nc2ccc(Cl)c(Cl)c2)ccc1N1CCN(c2ccccc2OC)CC1. The second kappa shape index (κ2) is 12.8. The van der Waals surface area contributed by atoms with E-state index in [1.54, 1.807) is 37.4 Å². The van der Waals surface area contributed by atoms with E-state index < -0.39 is 6.03 Å². The zero-order valence-corrected chi connectivity index (χ0v) is 22.9. The van der Waals surface area contributed by atoms with E-state index in [0.717, 1.165) is 49.7 Å². The number of benzene rings is 3. The number of para-hydroxylation sites is 2. The van der Waals surface area contributed by atoms with Crippen LogP contribution in [0.25, 0.3) is 0 Å². The van der Waals surface area contributed by atoms with Gasteiger partial charge in [0.15, 0.2) is 0 Å². The summed E-state index contributed by atoms with van der Waals surface area (Å²) in [6.07, 6.45) is 0.822. The molecule has 4 rings (SSSR count). The molecular formula is C28H31Cl2N5O3. The fourth-order valence-corrected chi connectivity index (χ4v) is 4.65. The Hall–Kier alpha value is -3.62. The molecule has 0 bridgehead atoms. The number of piperazine rings is 1. The molecule has 38 heavy (non-hydrogen) atoms. The maximum absolute atomic E-state index is 13.1. The van der Waals surface area contributed by atoms with Crippen LogP contribution in [0.2, 0.25) is 10.0 Å². The number of carbonyl (C=O) groups is 2. The number of ether oxygens (including phenoxy) is 1. The number of halogens is 2. The largest absolute Gasteiger partial charge is 0.495 e. The van der Waals surface area contributed by atoms with Gasteiger partial charge in [0.2, 0.25) is 0 Å². The lowest BCUT2D eigenvalue weighted by molar-refractivity contribution is 0.0954. The lowest BCUT2D eigenvalue weighted by atomic mass is 10.1. The fourth-order valence-electron chi connectivity index (χ4n) is 4.35. The van der Waals surface area contributed by atoms with Crippen molar-refractivity contribution in [1.82, 2.24) is 5.32 Å².